The van der Waals surface area contributed by atoms with Crippen LogP contribution in [0.4, 0.5) is 0 Å². The molecule has 0 radical (unpaired) electrons. The fourth-order valence-electron chi connectivity index (χ4n) is 3.00. The van der Waals surface area contributed by atoms with Gasteiger partial charge in [0.25, 0.3) is 0 Å². The molecule has 0 saturated carbocycles. The average molecular weight is 311 g/mol. The first kappa shape index (κ1) is 15.4. The number of benzene rings is 2. The molecule has 120 valence electrons. The summed E-state index contributed by atoms with van der Waals surface area (Å²) < 4.78 is 16.3. The molecule has 4 nitrogen and oxygen atoms in total. The fraction of sp³-hybridized carbons (Fsp3) is 0.316. The Bertz CT molecular complexity index is 740. The minimum Gasteiger partial charge on any atom is -0.493 e. The Morgan fingerprint density at radius 2 is 1.61 bits per heavy atom. The summed E-state index contributed by atoms with van der Waals surface area (Å²) in [7, 11) is 4.86. The van der Waals surface area contributed by atoms with Crippen molar-refractivity contribution in [3.8, 4) is 17.2 Å². The van der Waals surface area contributed by atoms with E-state index in [9.17, 15) is 0 Å². The third kappa shape index (κ3) is 2.77. The van der Waals surface area contributed by atoms with Crippen LogP contribution >= 0.6 is 0 Å². The number of hydrogen-bond donors (Lipinski definition) is 0. The largest absolute Gasteiger partial charge is 0.493 e. The van der Waals surface area contributed by atoms with Crippen molar-refractivity contribution in [1.82, 2.24) is 0 Å². The van der Waals surface area contributed by atoms with Gasteiger partial charge in [-0.1, -0.05) is 23.8 Å². The summed E-state index contributed by atoms with van der Waals surface area (Å²) in [4.78, 5) is 4.74. The van der Waals surface area contributed by atoms with Gasteiger partial charge in [-0.3, -0.25) is 4.99 Å². The first-order chi connectivity index (χ1) is 11.2. The number of aliphatic imine (C=N–C) groups is 1. The van der Waals surface area contributed by atoms with Gasteiger partial charge in [0.2, 0.25) is 5.75 Å². The summed E-state index contributed by atoms with van der Waals surface area (Å²) >= 11 is 0. The molecule has 0 saturated heterocycles. The average Bonchev–Trinajstić information content (AvgIpc) is 2.59. The van der Waals surface area contributed by atoms with E-state index in [2.05, 4.69) is 25.1 Å². The number of methoxy groups -OCH3 is 3. The SMILES string of the molecule is COc1cc(C2=NCCc3cc(C)ccc32)cc(OC)c1OC. The van der Waals surface area contributed by atoms with Crippen LogP contribution in [0.5, 0.6) is 17.2 Å². The van der Waals surface area contributed by atoms with E-state index < -0.39 is 0 Å². The minimum atomic E-state index is 0.597. The van der Waals surface area contributed by atoms with Crippen molar-refractivity contribution in [1.29, 1.82) is 0 Å². The molecule has 0 aliphatic carbocycles. The van der Waals surface area contributed by atoms with E-state index in [4.69, 9.17) is 19.2 Å². The number of nitrogens with zero attached hydrogens (tertiary/aromatic N) is 1. The van der Waals surface area contributed by atoms with Crippen molar-refractivity contribution >= 4 is 5.71 Å². The fourth-order valence-corrected chi connectivity index (χ4v) is 3.00. The Hall–Kier alpha value is -2.49. The number of fused-ring (bicyclic) bond motifs is 1. The van der Waals surface area contributed by atoms with E-state index in [1.807, 2.05) is 12.1 Å². The highest BCUT2D eigenvalue weighted by molar-refractivity contribution is 6.14. The monoisotopic (exact) mass is 311 g/mol. The van der Waals surface area contributed by atoms with Crippen LogP contribution in [0, 0.1) is 6.92 Å². The predicted molar refractivity (Wildman–Crippen MR) is 91.5 cm³/mol. The zero-order valence-corrected chi connectivity index (χ0v) is 14.0. The van der Waals surface area contributed by atoms with Gasteiger partial charge in [0.15, 0.2) is 11.5 Å². The lowest BCUT2D eigenvalue weighted by Gasteiger charge is -2.20. The Morgan fingerprint density at radius 1 is 0.913 bits per heavy atom. The van der Waals surface area contributed by atoms with Crippen LogP contribution in [0.1, 0.15) is 22.3 Å². The van der Waals surface area contributed by atoms with Crippen LogP contribution in [0.15, 0.2) is 35.3 Å². The maximum absolute atomic E-state index is 5.46. The van der Waals surface area contributed by atoms with Gasteiger partial charge in [0.1, 0.15) is 0 Å². The number of hydrogen-bond acceptors (Lipinski definition) is 4. The Kier molecular flexibility index (Phi) is 4.24. The van der Waals surface area contributed by atoms with Crippen molar-refractivity contribution in [2.45, 2.75) is 13.3 Å². The van der Waals surface area contributed by atoms with Gasteiger partial charge in [0.05, 0.1) is 27.0 Å². The summed E-state index contributed by atoms with van der Waals surface area (Å²) in [5, 5.41) is 0. The van der Waals surface area contributed by atoms with E-state index in [1.54, 1.807) is 21.3 Å². The van der Waals surface area contributed by atoms with Crippen molar-refractivity contribution in [3.05, 3.63) is 52.6 Å². The normalized spacial score (nSPS) is 13.1. The van der Waals surface area contributed by atoms with Gasteiger partial charge in [-0.15, -0.1) is 0 Å². The Labute approximate surface area is 136 Å². The topological polar surface area (TPSA) is 40.0 Å². The molecule has 0 N–H and O–H groups in total. The predicted octanol–water partition coefficient (Wildman–Crippen LogP) is 3.41. The standard InChI is InChI=1S/C19H21NO3/c1-12-5-6-15-13(9-12)7-8-20-18(15)14-10-16(21-2)19(23-4)17(11-14)22-3/h5-6,9-11H,7-8H2,1-4H3. The molecule has 1 aliphatic heterocycles. The van der Waals surface area contributed by atoms with E-state index in [0.29, 0.717) is 17.2 Å². The second-order valence-electron chi connectivity index (χ2n) is 5.55. The molecule has 0 aromatic heterocycles. The summed E-state index contributed by atoms with van der Waals surface area (Å²) in [6.07, 6.45) is 0.977. The molecule has 0 amide bonds. The van der Waals surface area contributed by atoms with Gasteiger partial charge in [-0.2, -0.15) is 0 Å². The zero-order valence-electron chi connectivity index (χ0n) is 14.0. The molecule has 1 aliphatic rings. The summed E-state index contributed by atoms with van der Waals surface area (Å²) in [6, 6.07) is 10.4. The Morgan fingerprint density at radius 3 is 2.22 bits per heavy atom. The van der Waals surface area contributed by atoms with Gasteiger partial charge in [0, 0.05) is 17.7 Å². The highest BCUT2D eigenvalue weighted by Crippen LogP contribution is 2.39. The van der Waals surface area contributed by atoms with E-state index >= 15 is 0 Å². The molecule has 2 aromatic carbocycles. The Balaban J connectivity index is 2.14. The molecule has 0 bridgehead atoms. The lowest BCUT2D eigenvalue weighted by Crippen LogP contribution is -2.14. The van der Waals surface area contributed by atoms with Crippen LogP contribution < -0.4 is 14.2 Å². The molecule has 1 heterocycles. The van der Waals surface area contributed by atoms with E-state index in [0.717, 1.165) is 24.2 Å². The highest BCUT2D eigenvalue weighted by atomic mass is 16.5. The third-order valence-corrected chi connectivity index (χ3v) is 4.11. The van der Waals surface area contributed by atoms with Crippen molar-refractivity contribution in [3.63, 3.8) is 0 Å². The molecular formula is C19H21NO3. The van der Waals surface area contributed by atoms with Gasteiger partial charge >= 0.3 is 0 Å². The minimum absolute atomic E-state index is 0.597. The van der Waals surface area contributed by atoms with Crippen LogP contribution in [0.25, 0.3) is 0 Å². The maximum Gasteiger partial charge on any atom is 0.203 e. The number of ether oxygens (including phenoxy) is 3. The molecule has 0 unspecified atom stereocenters. The molecule has 23 heavy (non-hydrogen) atoms. The van der Waals surface area contributed by atoms with Gasteiger partial charge < -0.3 is 14.2 Å². The third-order valence-electron chi connectivity index (χ3n) is 4.11. The van der Waals surface area contributed by atoms with Crippen LogP contribution in [-0.2, 0) is 6.42 Å². The lowest BCUT2D eigenvalue weighted by atomic mass is 9.92. The van der Waals surface area contributed by atoms with Gasteiger partial charge in [-0.05, 0) is 31.0 Å². The van der Waals surface area contributed by atoms with E-state index in [-0.39, 0.29) is 0 Å². The van der Waals surface area contributed by atoms with Gasteiger partial charge in [-0.25, -0.2) is 0 Å². The molecule has 3 rings (SSSR count). The van der Waals surface area contributed by atoms with Crippen LogP contribution in [0.2, 0.25) is 0 Å². The summed E-state index contributed by atoms with van der Waals surface area (Å²) in [6.45, 7) is 2.91. The first-order valence-corrected chi connectivity index (χ1v) is 7.62. The molecular weight excluding hydrogens is 290 g/mol. The van der Waals surface area contributed by atoms with Crippen LogP contribution in [-0.4, -0.2) is 33.6 Å². The number of aryl methyl sites for hydroxylation is 1. The number of rotatable bonds is 4. The quantitative estimate of drug-likeness (QED) is 0.868. The summed E-state index contributed by atoms with van der Waals surface area (Å²) in [5.74, 6) is 1.88. The smallest absolute Gasteiger partial charge is 0.203 e. The van der Waals surface area contributed by atoms with E-state index in [1.165, 1.54) is 16.7 Å². The zero-order chi connectivity index (χ0) is 16.4. The maximum atomic E-state index is 5.46. The van der Waals surface area contributed by atoms with Crippen molar-refractivity contribution < 1.29 is 14.2 Å². The molecule has 0 atom stereocenters. The highest BCUT2D eigenvalue weighted by Gasteiger charge is 2.20. The second-order valence-corrected chi connectivity index (χ2v) is 5.55. The molecule has 0 spiro atoms. The molecule has 4 heteroatoms. The van der Waals surface area contributed by atoms with Crippen LogP contribution in [0.3, 0.4) is 0 Å². The summed E-state index contributed by atoms with van der Waals surface area (Å²) in [5.41, 5.74) is 5.74. The van der Waals surface area contributed by atoms with Crippen molar-refractivity contribution in [2.24, 2.45) is 4.99 Å². The second kappa shape index (κ2) is 6.32. The lowest BCUT2D eigenvalue weighted by molar-refractivity contribution is 0.324. The molecule has 2 aromatic rings. The molecule has 0 fully saturated rings. The van der Waals surface area contributed by atoms with Crippen molar-refractivity contribution in [2.75, 3.05) is 27.9 Å². The first-order valence-electron chi connectivity index (χ1n) is 7.62.